The van der Waals surface area contributed by atoms with E-state index in [1.54, 1.807) is 37.9 Å². The van der Waals surface area contributed by atoms with Gasteiger partial charge < -0.3 is 29.8 Å². The maximum absolute atomic E-state index is 14.6. The van der Waals surface area contributed by atoms with Crippen LogP contribution in [0.4, 0.5) is 14.0 Å². The van der Waals surface area contributed by atoms with Crippen molar-refractivity contribution in [1.29, 1.82) is 0 Å². The van der Waals surface area contributed by atoms with Crippen LogP contribution in [0.3, 0.4) is 0 Å². The number of aromatic amines is 1. The van der Waals surface area contributed by atoms with Gasteiger partial charge in [0.25, 0.3) is 0 Å². The minimum absolute atomic E-state index is 0. The summed E-state index contributed by atoms with van der Waals surface area (Å²) in [6, 6.07) is 11.6. The quantitative estimate of drug-likeness (QED) is 0.255. The number of alkyl carbamates (subject to hydrolysis) is 1. The number of rotatable bonds is 6. The summed E-state index contributed by atoms with van der Waals surface area (Å²) < 4.78 is 25.4. The number of halogens is 1. The molecule has 6 rings (SSSR count). The number of carbonyl (C=O) groups excluding carboxylic acids is 3. The summed E-state index contributed by atoms with van der Waals surface area (Å²) in [6.07, 6.45) is 4.04. The number of benzene rings is 2. The number of fused-ring (bicyclic) bond motifs is 2. The third kappa shape index (κ3) is 8.37. The van der Waals surface area contributed by atoms with Crippen molar-refractivity contribution in [1.82, 2.24) is 20.1 Å². The largest absolute Gasteiger partial charge is 0.445 e. The fourth-order valence-electron chi connectivity index (χ4n) is 7.54. The van der Waals surface area contributed by atoms with E-state index in [9.17, 15) is 23.9 Å². The SMILES string of the molecule is C.CC.CC(C)(C)OC(=O)NC(C(=O)N1CC(O)C2C1[C@@H](c1c[nH]c3cc(F)ccc13)CN2C(=O)OCc1ccccc1)C1CCCCC1. The number of likely N-dealkylation sites (tertiary alicyclic amines) is 2. The van der Waals surface area contributed by atoms with Crippen molar-refractivity contribution in [2.45, 2.75) is 117 Å². The molecule has 2 aliphatic heterocycles. The van der Waals surface area contributed by atoms with Crippen LogP contribution in [0.5, 0.6) is 0 Å². The molecule has 1 saturated carbocycles. The first kappa shape index (κ1) is 37.7. The van der Waals surface area contributed by atoms with Gasteiger partial charge in [-0.3, -0.25) is 9.69 Å². The van der Waals surface area contributed by atoms with E-state index in [1.807, 2.05) is 44.2 Å². The maximum atomic E-state index is 14.6. The summed E-state index contributed by atoms with van der Waals surface area (Å²) in [5, 5.41) is 15.2. The Balaban J connectivity index is 0.00000177. The summed E-state index contributed by atoms with van der Waals surface area (Å²) in [7, 11) is 0. The average molecular weight is 681 g/mol. The summed E-state index contributed by atoms with van der Waals surface area (Å²) in [6.45, 7) is 9.55. The van der Waals surface area contributed by atoms with Gasteiger partial charge in [0.2, 0.25) is 5.91 Å². The molecule has 10 nitrogen and oxygen atoms in total. The van der Waals surface area contributed by atoms with Gasteiger partial charge in [-0.25, -0.2) is 14.0 Å². The van der Waals surface area contributed by atoms with E-state index in [0.717, 1.165) is 48.6 Å². The number of aromatic nitrogens is 1. The number of hydrogen-bond acceptors (Lipinski definition) is 6. The van der Waals surface area contributed by atoms with E-state index in [1.165, 1.54) is 17.0 Å². The molecule has 3 amide bonds. The van der Waals surface area contributed by atoms with E-state index in [2.05, 4.69) is 10.3 Å². The van der Waals surface area contributed by atoms with Crippen LogP contribution < -0.4 is 5.32 Å². The Morgan fingerprint density at radius 3 is 2.37 bits per heavy atom. The molecule has 2 aromatic carbocycles. The fraction of sp³-hybridized carbons (Fsp3) is 0.553. The van der Waals surface area contributed by atoms with Gasteiger partial charge in [-0.05, 0) is 68.9 Å². The van der Waals surface area contributed by atoms with E-state index in [0.29, 0.717) is 5.52 Å². The molecule has 2 saturated heterocycles. The first-order valence-electron chi connectivity index (χ1n) is 17.2. The second-order valence-electron chi connectivity index (χ2n) is 13.8. The third-order valence-electron chi connectivity index (χ3n) is 9.51. The summed E-state index contributed by atoms with van der Waals surface area (Å²) in [4.78, 5) is 47.5. The third-order valence-corrected chi connectivity index (χ3v) is 9.51. The highest BCUT2D eigenvalue weighted by molar-refractivity contribution is 5.88. The van der Waals surface area contributed by atoms with E-state index in [-0.39, 0.29) is 44.8 Å². The molecule has 49 heavy (non-hydrogen) atoms. The number of H-pyrrole nitrogens is 1. The Morgan fingerprint density at radius 1 is 1.00 bits per heavy atom. The second kappa shape index (κ2) is 16.1. The Kier molecular flexibility index (Phi) is 12.4. The Labute approximate surface area is 289 Å². The van der Waals surface area contributed by atoms with Crippen LogP contribution in [0.15, 0.2) is 54.7 Å². The zero-order valence-corrected chi connectivity index (χ0v) is 28.6. The van der Waals surface area contributed by atoms with Crippen LogP contribution in [-0.2, 0) is 20.9 Å². The highest BCUT2D eigenvalue weighted by Crippen LogP contribution is 2.44. The zero-order chi connectivity index (χ0) is 34.6. The fourth-order valence-corrected chi connectivity index (χ4v) is 7.54. The molecule has 3 heterocycles. The topological polar surface area (TPSA) is 124 Å². The number of carbonyl (C=O) groups is 3. The van der Waals surface area contributed by atoms with Gasteiger partial charge in [-0.15, -0.1) is 0 Å². The van der Waals surface area contributed by atoms with Gasteiger partial charge in [-0.2, -0.15) is 0 Å². The lowest BCUT2D eigenvalue weighted by atomic mass is 9.83. The second-order valence-corrected chi connectivity index (χ2v) is 13.8. The Bertz CT molecular complexity index is 1570. The molecular weight excluding hydrogens is 627 g/mol. The average Bonchev–Trinajstić information content (AvgIpc) is 3.76. The summed E-state index contributed by atoms with van der Waals surface area (Å²) >= 11 is 0. The molecule has 3 N–H and O–H groups in total. The molecule has 5 atom stereocenters. The Hall–Kier alpha value is -4.12. The van der Waals surface area contributed by atoms with Crippen LogP contribution in [0, 0.1) is 11.7 Å². The molecule has 3 fully saturated rings. The number of nitrogens with zero attached hydrogens (tertiary/aromatic N) is 2. The normalized spacial score (nSPS) is 22.8. The van der Waals surface area contributed by atoms with Crippen LogP contribution in [0.25, 0.3) is 10.9 Å². The lowest BCUT2D eigenvalue weighted by Crippen LogP contribution is -2.55. The van der Waals surface area contributed by atoms with Crippen LogP contribution in [0.2, 0.25) is 0 Å². The minimum atomic E-state index is -1.04. The van der Waals surface area contributed by atoms with E-state index >= 15 is 0 Å². The molecule has 0 radical (unpaired) electrons. The predicted octanol–water partition coefficient (Wildman–Crippen LogP) is 7.12. The number of β-amino-alcohol motifs (C(OH)–C–C–N with tert-alkyl or cyclic N) is 1. The molecule has 4 unspecified atom stereocenters. The summed E-state index contributed by atoms with van der Waals surface area (Å²) in [5.74, 6) is -1.19. The highest BCUT2D eigenvalue weighted by atomic mass is 19.1. The van der Waals surface area contributed by atoms with Crippen LogP contribution in [0.1, 0.15) is 91.2 Å². The van der Waals surface area contributed by atoms with Crippen molar-refractivity contribution < 1.29 is 33.4 Å². The molecule has 11 heteroatoms. The van der Waals surface area contributed by atoms with Crippen LogP contribution >= 0.6 is 0 Å². The van der Waals surface area contributed by atoms with Gasteiger partial charge in [-0.1, -0.05) is 70.9 Å². The monoisotopic (exact) mass is 680 g/mol. The van der Waals surface area contributed by atoms with Crippen molar-refractivity contribution in [2.24, 2.45) is 5.92 Å². The number of ether oxygens (including phenoxy) is 2. The number of hydrogen-bond donors (Lipinski definition) is 3. The van der Waals surface area contributed by atoms with Gasteiger partial charge in [0.15, 0.2) is 0 Å². The first-order valence-corrected chi connectivity index (χ1v) is 17.2. The molecule has 3 aromatic rings. The van der Waals surface area contributed by atoms with Crippen LogP contribution in [-0.4, -0.2) is 80.9 Å². The molecule has 1 aromatic heterocycles. The van der Waals surface area contributed by atoms with Crippen molar-refractivity contribution in [2.75, 3.05) is 13.1 Å². The first-order chi connectivity index (χ1) is 23.0. The van der Waals surface area contributed by atoms with Crippen molar-refractivity contribution in [3.63, 3.8) is 0 Å². The lowest BCUT2D eigenvalue weighted by Gasteiger charge is -2.36. The maximum Gasteiger partial charge on any atom is 0.410 e. The summed E-state index contributed by atoms with van der Waals surface area (Å²) in [5.41, 5.74) is 1.49. The molecule has 0 bridgehead atoms. The highest BCUT2D eigenvalue weighted by Gasteiger charge is 2.58. The molecule has 3 aliphatic rings. The minimum Gasteiger partial charge on any atom is -0.445 e. The van der Waals surface area contributed by atoms with E-state index < -0.39 is 47.9 Å². The lowest BCUT2D eigenvalue weighted by molar-refractivity contribution is -0.136. The number of aliphatic hydroxyl groups is 1. The molecule has 1 aliphatic carbocycles. The number of nitrogens with one attached hydrogen (secondary N) is 2. The van der Waals surface area contributed by atoms with Crippen molar-refractivity contribution >= 4 is 29.0 Å². The molecular formula is C38H53FN4O6. The standard InChI is InChI=1S/C35H43FN4O6.C2H6.CH4/c1-35(2,3)46-33(43)38-29(22-12-8-5-9-13-22)32(42)39-19-28(41)31-30(39)26(25-17-37-27-16-23(36)14-15-24(25)27)18-40(31)34(44)45-20-21-10-6-4-7-11-21;1-2;/h4,6-7,10-11,14-17,22,26,28-31,37,41H,5,8-9,12-13,18-20H2,1-3H3,(H,38,43);1-2H3;1H4/t26-,28?,29?,30?,31?;;/m1../s1. The van der Waals surface area contributed by atoms with Gasteiger partial charge >= 0.3 is 12.2 Å². The van der Waals surface area contributed by atoms with E-state index in [4.69, 9.17) is 9.47 Å². The van der Waals surface area contributed by atoms with Crippen molar-refractivity contribution in [3.8, 4) is 0 Å². The predicted molar refractivity (Wildman–Crippen MR) is 187 cm³/mol. The van der Waals surface area contributed by atoms with Gasteiger partial charge in [0.05, 0.1) is 18.2 Å². The molecule has 0 spiro atoms. The van der Waals surface area contributed by atoms with Gasteiger partial charge in [0, 0.05) is 36.1 Å². The van der Waals surface area contributed by atoms with Crippen molar-refractivity contribution in [3.05, 3.63) is 71.7 Å². The zero-order valence-electron chi connectivity index (χ0n) is 28.6. The Morgan fingerprint density at radius 2 is 1.69 bits per heavy atom. The molecule has 268 valence electrons. The number of aliphatic hydroxyl groups excluding tert-OH is 1. The smallest absolute Gasteiger partial charge is 0.410 e. The number of amides is 3. The van der Waals surface area contributed by atoms with Gasteiger partial charge in [0.1, 0.15) is 24.1 Å².